The first-order valence-corrected chi connectivity index (χ1v) is 11.6. The predicted octanol–water partition coefficient (Wildman–Crippen LogP) is 4.44. The van der Waals surface area contributed by atoms with E-state index in [1.54, 1.807) is 11.3 Å². The van der Waals surface area contributed by atoms with Gasteiger partial charge in [0.05, 0.1) is 4.88 Å². The summed E-state index contributed by atoms with van der Waals surface area (Å²) in [4.78, 5) is 18.6. The topological polar surface area (TPSA) is 49.3 Å². The van der Waals surface area contributed by atoms with Crippen molar-refractivity contribution in [3.63, 3.8) is 0 Å². The fraction of sp³-hybridized carbons (Fsp3) is 0.375. The maximum Gasteiger partial charge on any atom is 0.225 e. The standard InChI is InChI=1S/C24H26N4OS/c29-24(28-15-12-20(17-28)18-5-2-1-3-6-18)19-10-13-27(14-11-19)23-9-8-21(25-26-23)22-7-4-16-30-22/h1-9,16,19-20H,10-15,17H2/t20-/m0/s1. The summed E-state index contributed by atoms with van der Waals surface area (Å²) in [5.41, 5.74) is 2.27. The summed E-state index contributed by atoms with van der Waals surface area (Å²) in [6.45, 7) is 3.46. The van der Waals surface area contributed by atoms with Crippen LogP contribution in [0.3, 0.4) is 0 Å². The highest BCUT2D eigenvalue weighted by Crippen LogP contribution is 2.31. The molecule has 0 N–H and O–H groups in total. The average Bonchev–Trinajstić information content (AvgIpc) is 3.52. The zero-order chi connectivity index (χ0) is 20.3. The molecular weight excluding hydrogens is 392 g/mol. The predicted molar refractivity (Wildman–Crippen MR) is 121 cm³/mol. The number of hydrogen-bond acceptors (Lipinski definition) is 5. The van der Waals surface area contributed by atoms with Crippen LogP contribution in [0.25, 0.3) is 10.6 Å². The first kappa shape index (κ1) is 19.2. The maximum atomic E-state index is 13.1. The largest absolute Gasteiger partial charge is 0.355 e. The van der Waals surface area contributed by atoms with Crippen LogP contribution in [0, 0.1) is 5.92 Å². The lowest BCUT2D eigenvalue weighted by atomic mass is 9.95. The monoisotopic (exact) mass is 418 g/mol. The van der Waals surface area contributed by atoms with E-state index in [9.17, 15) is 4.79 Å². The van der Waals surface area contributed by atoms with Crippen LogP contribution in [0.5, 0.6) is 0 Å². The molecule has 1 aromatic carbocycles. The van der Waals surface area contributed by atoms with Gasteiger partial charge in [-0.3, -0.25) is 4.79 Å². The molecule has 0 aliphatic carbocycles. The number of carbonyl (C=O) groups excluding carboxylic acids is 1. The van der Waals surface area contributed by atoms with Crippen molar-refractivity contribution >= 4 is 23.1 Å². The third-order valence-electron chi connectivity index (χ3n) is 6.36. The van der Waals surface area contributed by atoms with Gasteiger partial charge in [0.15, 0.2) is 5.82 Å². The Morgan fingerprint density at radius 3 is 2.43 bits per heavy atom. The Bertz CT molecular complexity index is 966. The van der Waals surface area contributed by atoms with Gasteiger partial charge in [-0.15, -0.1) is 21.5 Å². The molecule has 154 valence electrons. The third-order valence-corrected chi connectivity index (χ3v) is 7.26. The Morgan fingerprint density at radius 2 is 1.73 bits per heavy atom. The molecule has 4 heterocycles. The van der Waals surface area contributed by atoms with Gasteiger partial charge in [0.1, 0.15) is 5.69 Å². The molecule has 1 atom stereocenters. The summed E-state index contributed by atoms with van der Waals surface area (Å²) in [6, 6.07) is 18.8. The van der Waals surface area contributed by atoms with Gasteiger partial charge in [-0.2, -0.15) is 0 Å². The molecular formula is C24H26N4OS. The molecule has 2 fully saturated rings. The molecule has 2 aliphatic rings. The van der Waals surface area contributed by atoms with Crippen LogP contribution < -0.4 is 4.90 Å². The number of piperidine rings is 1. The molecule has 0 saturated carbocycles. The molecule has 0 spiro atoms. The summed E-state index contributed by atoms with van der Waals surface area (Å²) >= 11 is 1.67. The van der Waals surface area contributed by atoms with Crippen molar-refractivity contribution < 1.29 is 4.79 Å². The van der Waals surface area contributed by atoms with E-state index in [2.05, 4.69) is 67.8 Å². The summed E-state index contributed by atoms with van der Waals surface area (Å²) in [5.74, 6) is 1.86. The van der Waals surface area contributed by atoms with E-state index in [4.69, 9.17) is 0 Å². The fourth-order valence-corrected chi connectivity index (χ4v) is 5.31. The van der Waals surface area contributed by atoms with E-state index >= 15 is 0 Å². The van der Waals surface area contributed by atoms with Crippen molar-refractivity contribution in [3.05, 3.63) is 65.5 Å². The van der Waals surface area contributed by atoms with Gasteiger partial charge in [-0.05, 0) is 48.4 Å². The quantitative estimate of drug-likeness (QED) is 0.629. The molecule has 5 nitrogen and oxygen atoms in total. The van der Waals surface area contributed by atoms with E-state index in [-0.39, 0.29) is 5.92 Å². The van der Waals surface area contributed by atoms with Crippen molar-refractivity contribution in [1.29, 1.82) is 0 Å². The van der Waals surface area contributed by atoms with Gasteiger partial charge >= 0.3 is 0 Å². The Kier molecular flexibility index (Phi) is 5.49. The van der Waals surface area contributed by atoms with Crippen LogP contribution in [-0.2, 0) is 4.79 Å². The second-order valence-electron chi connectivity index (χ2n) is 8.20. The van der Waals surface area contributed by atoms with Crippen LogP contribution in [-0.4, -0.2) is 47.2 Å². The summed E-state index contributed by atoms with van der Waals surface area (Å²) < 4.78 is 0. The lowest BCUT2D eigenvalue weighted by Crippen LogP contribution is -2.42. The SMILES string of the molecule is O=C(C1CCN(c2ccc(-c3cccs3)nn2)CC1)N1CC[C@H](c2ccccc2)C1. The van der Waals surface area contributed by atoms with Crippen molar-refractivity contribution in [3.8, 4) is 10.6 Å². The molecule has 1 amide bonds. The number of thiophene rings is 1. The minimum atomic E-state index is 0.133. The number of rotatable bonds is 4. The van der Waals surface area contributed by atoms with Gasteiger partial charge in [0, 0.05) is 38.0 Å². The molecule has 6 heteroatoms. The van der Waals surface area contributed by atoms with Crippen LogP contribution in [0.4, 0.5) is 5.82 Å². The minimum absolute atomic E-state index is 0.133. The van der Waals surface area contributed by atoms with Crippen LogP contribution >= 0.6 is 11.3 Å². The number of benzene rings is 1. The highest BCUT2D eigenvalue weighted by molar-refractivity contribution is 7.13. The summed E-state index contributed by atoms with van der Waals surface area (Å²) in [5, 5.41) is 10.9. The van der Waals surface area contributed by atoms with Gasteiger partial charge in [0.25, 0.3) is 0 Å². The Morgan fingerprint density at radius 1 is 0.900 bits per heavy atom. The van der Waals surface area contributed by atoms with Gasteiger partial charge < -0.3 is 9.80 Å². The lowest BCUT2D eigenvalue weighted by Gasteiger charge is -2.33. The highest BCUT2D eigenvalue weighted by atomic mass is 32.1. The molecule has 30 heavy (non-hydrogen) atoms. The van der Waals surface area contributed by atoms with E-state index in [0.29, 0.717) is 11.8 Å². The van der Waals surface area contributed by atoms with Gasteiger partial charge in [0.2, 0.25) is 5.91 Å². The molecule has 5 rings (SSSR count). The molecule has 2 aromatic heterocycles. The number of amides is 1. The van der Waals surface area contributed by atoms with E-state index < -0.39 is 0 Å². The van der Waals surface area contributed by atoms with E-state index in [1.165, 1.54) is 5.56 Å². The van der Waals surface area contributed by atoms with Crippen LogP contribution in [0.2, 0.25) is 0 Å². The highest BCUT2D eigenvalue weighted by Gasteiger charge is 2.33. The normalized spacial score (nSPS) is 19.9. The van der Waals surface area contributed by atoms with Crippen LogP contribution in [0.1, 0.15) is 30.7 Å². The van der Waals surface area contributed by atoms with Gasteiger partial charge in [-0.1, -0.05) is 36.4 Å². The molecule has 0 radical (unpaired) electrons. The number of hydrogen-bond donors (Lipinski definition) is 0. The zero-order valence-corrected chi connectivity index (χ0v) is 17.8. The first-order valence-electron chi connectivity index (χ1n) is 10.7. The number of likely N-dealkylation sites (tertiary alicyclic amines) is 1. The second-order valence-corrected chi connectivity index (χ2v) is 9.14. The smallest absolute Gasteiger partial charge is 0.225 e. The Hall–Kier alpha value is -2.73. The number of carbonyl (C=O) groups is 1. The van der Waals surface area contributed by atoms with E-state index in [1.807, 2.05) is 12.1 Å². The summed E-state index contributed by atoms with van der Waals surface area (Å²) in [7, 11) is 0. The fourth-order valence-electron chi connectivity index (χ4n) is 4.62. The number of nitrogens with zero attached hydrogens (tertiary/aromatic N) is 4. The average molecular weight is 419 g/mol. The maximum absolute atomic E-state index is 13.1. The number of anilines is 1. The molecule has 0 unspecified atom stereocenters. The number of aromatic nitrogens is 2. The third kappa shape index (κ3) is 3.97. The molecule has 0 bridgehead atoms. The zero-order valence-electron chi connectivity index (χ0n) is 17.0. The molecule has 2 aliphatic heterocycles. The molecule has 3 aromatic rings. The Labute approximate surface area is 181 Å². The van der Waals surface area contributed by atoms with E-state index in [0.717, 1.165) is 61.8 Å². The van der Waals surface area contributed by atoms with Crippen LogP contribution in [0.15, 0.2) is 60.0 Å². The lowest BCUT2D eigenvalue weighted by molar-refractivity contribution is -0.135. The van der Waals surface area contributed by atoms with Crippen molar-refractivity contribution in [2.24, 2.45) is 5.92 Å². The Balaban J connectivity index is 1.16. The van der Waals surface area contributed by atoms with Gasteiger partial charge in [-0.25, -0.2) is 0 Å². The minimum Gasteiger partial charge on any atom is -0.355 e. The summed E-state index contributed by atoms with van der Waals surface area (Å²) in [6.07, 6.45) is 2.85. The molecule has 2 saturated heterocycles. The van der Waals surface area contributed by atoms with Crippen molar-refractivity contribution in [2.75, 3.05) is 31.1 Å². The van der Waals surface area contributed by atoms with Crippen molar-refractivity contribution in [2.45, 2.75) is 25.2 Å². The second kappa shape index (κ2) is 8.56. The first-order chi connectivity index (χ1) is 14.8. The van der Waals surface area contributed by atoms with Crippen molar-refractivity contribution in [1.82, 2.24) is 15.1 Å².